The lowest BCUT2D eigenvalue weighted by Gasteiger charge is -2.06. The van der Waals surface area contributed by atoms with Crippen LogP contribution in [0.4, 0.5) is 0 Å². The topological polar surface area (TPSA) is 45.6 Å². The molecule has 0 aliphatic heterocycles. The van der Waals surface area contributed by atoms with Gasteiger partial charge in [-0.3, -0.25) is 5.43 Å². The van der Waals surface area contributed by atoms with Crippen molar-refractivity contribution in [1.29, 1.82) is 0 Å². The summed E-state index contributed by atoms with van der Waals surface area (Å²) in [7, 11) is 0. The molecule has 0 fully saturated rings. The first-order valence-electron chi connectivity index (χ1n) is 5.60. The van der Waals surface area contributed by atoms with Crippen LogP contribution in [0.5, 0.6) is 5.75 Å². The third kappa shape index (κ3) is 5.89. The number of nitrogens with zero attached hydrogens (tertiary/aromatic N) is 1. The van der Waals surface area contributed by atoms with Crippen molar-refractivity contribution in [3.8, 4) is 18.1 Å². The first kappa shape index (κ1) is 15.7. The number of hydrogen-bond donors (Lipinski definition) is 2. The maximum atomic E-state index is 5.38. The summed E-state index contributed by atoms with van der Waals surface area (Å²) in [6.45, 7) is 3.00. The van der Waals surface area contributed by atoms with Crippen LogP contribution in [0.2, 0.25) is 0 Å². The quantitative estimate of drug-likeness (QED) is 0.267. The Morgan fingerprint density at radius 1 is 1.63 bits per heavy atom. The molecular formula is C13H14IN3OS. The Labute approximate surface area is 132 Å². The van der Waals surface area contributed by atoms with Crippen LogP contribution < -0.4 is 15.5 Å². The molecule has 6 heteroatoms. The number of ether oxygens (including phenoxy) is 1. The van der Waals surface area contributed by atoms with Gasteiger partial charge >= 0.3 is 0 Å². The minimum absolute atomic E-state index is 0.266. The first-order valence-corrected chi connectivity index (χ1v) is 7.08. The molecule has 0 saturated heterocycles. The molecule has 1 rings (SSSR count). The first-order chi connectivity index (χ1) is 9.17. The molecule has 0 spiro atoms. The summed E-state index contributed by atoms with van der Waals surface area (Å²) in [5.41, 5.74) is 3.68. The lowest BCUT2D eigenvalue weighted by molar-refractivity contribution is 0.368. The average molecular weight is 387 g/mol. The molecule has 4 nitrogen and oxygen atoms in total. The summed E-state index contributed by atoms with van der Waals surface area (Å²) in [5, 5.41) is 7.48. The Morgan fingerprint density at radius 3 is 3.05 bits per heavy atom. The lowest BCUT2D eigenvalue weighted by atomic mass is 10.2. The molecule has 0 radical (unpaired) electrons. The Balaban J connectivity index is 2.61. The number of hydrogen-bond acceptors (Lipinski definition) is 3. The van der Waals surface area contributed by atoms with Crippen LogP contribution in [-0.2, 0) is 0 Å². The van der Waals surface area contributed by atoms with Gasteiger partial charge in [-0.15, -0.1) is 6.42 Å². The molecule has 0 saturated carbocycles. The summed E-state index contributed by atoms with van der Waals surface area (Å²) in [6, 6.07) is 5.71. The second-order valence-corrected chi connectivity index (χ2v) is 4.98. The van der Waals surface area contributed by atoms with E-state index in [9.17, 15) is 0 Å². The van der Waals surface area contributed by atoms with Crippen LogP contribution >= 0.6 is 34.8 Å². The van der Waals surface area contributed by atoms with Crippen molar-refractivity contribution >= 4 is 46.1 Å². The van der Waals surface area contributed by atoms with Gasteiger partial charge < -0.3 is 10.1 Å². The van der Waals surface area contributed by atoms with Crippen molar-refractivity contribution in [1.82, 2.24) is 10.7 Å². The molecule has 0 heterocycles. The molecule has 0 aromatic heterocycles. The summed E-state index contributed by atoms with van der Waals surface area (Å²) in [6.07, 6.45) is 6.84. The van der Waals surface area contributed by atoms with Crippen molar-refractivity contribution in [2.75, 3.05) is 13.2 Å². The zero-order valence-corrected chi connectivity index (χ0v) is 13.4. The Morgan fingerprint density at radius 2 is 2.42 bits per heavy atom. The molecular weight excluding hydrogens is 373 g/mol. The van der Waals surface area contributed by atoms with Crippen LogP contribution in [0.25, 0.3) is 0 Å². The number of halogens is 1. The number of benzene rings is 1. The standard InChI is InChI=1S/C13H14IN3OS/c1-3-7-18-12-6-5-10(8-11(12)14)9-16-17-13(19)15-4-2/h1,5-6,8-9H,4,7H2,2H3,(H2,15,17,19). The Bertz CT molecular complexity index is 511. The van der Waals surface area contributed by atoms with Gasteiger partial charge in [0.15, 0.2) is 5.11 Å². The fourth-order valence-electron chi connectivity index (χ4n) is 1.20. The average Bonchev–Trinajstić information content (AvgIpc) is 2.38. The van der Waals surface area contributed by atoms with E-state index in [0.717, 1.165) is 21.4 Å². The lowest BCUT2D eigenvalue weighted by Crippen LogP contribution is -2.31. The van der Waals surface area contributed by atoms with Crippen molar-refractivity contribution in [2.24, 2.45) is 5.10 Å². The molecule has 1 aromatic rings. The maximum absolute atomic E-state index is 5.38. The largest absolute Gasteiger partial charge is 0.480 e. The number of rotatable bonds is 5. The molecule has 19 heavy (non-hydrogen) atoms. The van der Waals surface area contributed by atoms with Gasteiger partial charge in [-0.25, -0.2) is 0 Å². The zero-order chi connectivity index (χ0) is 14.1. The van der Waals surface area contributed by atoms with Crippen LogP contribution in [0, 0.1) is 15.9 Å². The third-order valence-electron chi connectivity index (χ3n) is 1.98. The molecule has 2 N–H and O–H groups in total. The van der Waals surface area contributed by atoms with Gasteiger partial charge in [-0.1, -0.05) is 5.92 Å². The van der Waals surface area contributed by atoms with E-state index in [2.05, 4.69) is 44.4 Å². The fourth-order valence-corrected chi connectivity index (χ4v) is 2.09. The molecule has 0 bridgehead atoms. The van der Waals surface area contributed by atoms with E-state index in [-0.39, 0.29) is 6.61 Å². The van der Waals surface area contributed by atoms with Crippen LogP contribution in [0.15, 0.2) is 23.3 Å². The van der Waals surface area contributed by atoms with Crippen molar-refractivity contribution in [3.05, 3.63) is 27.3 Å². The van der Waals surface area contributed by atoms with E-state index in [1.807, 2.05) is 25.1 Å². The molecule has 0 unspecified atom stereocenters. The molecule has 0 aliphatic rings. The van der Waals surface area contributed by atoms with E-state index in [1.54, 1.807) is 6.21 Å². The third-order valence-corrected chi connectivity index (χ3v) is 3.06. The van der Waals surface area contributed by atoms with Crippen LogP contribution in [-0.4, -0.2) is 24.5 Å². The molecule has 0 aliphatic carbocycles. The normalized spacial score (nSPS) is 9.95. The van der Waals surface area contributed by atoms with E-state index in [1.165, 1.54) is 0 Å². The van der Waals surface area contributed by atoms with E-state index in [4.69, 9.17) is 23.4 Å². The van der Waals surface area contributed by atoms with Gasteiger partial charge in [-0.05, 0) is 65.5 Å². The monoisotopic (exact) mass is 387 g/mol. The summed E-state index contributed by atoms with van der Waals surface area (Å²) >= 11 is 7.18. The number of hydrazone groups is 1. The van der Waals surface area contributed by atoms with Crippen molar-refractivity contribution in [2.45, 2.75) is 6.92 Å². The minimum atomic E-state index is 0.266. The van der Waals surface area contributed by atoms with Gasteiger partial charge in [-0.2, -0.15) is 5.10 Å². The molecule has 0 atom stereocenters. The van der Waals surface area contributed by atoms with Crippen molar-refractivity contribution < 1.29 is 4.74 Å². The van der Waals surface area contributed by atoms with Gasteiger partial charge in [0.2, 0.25) is 0 Å². The summed E-state index contributed by atoms with van der Waals surface area (Å²) < 4.78 is 6.36. The zero-order valence-electron chi connectivity index (χ0n) is 10.4. The number of thiocarbonyl (C=S) groups is 1. The fraction of sp³-hybridized carbons (Fsp3) is 0.231. The molecule has 100 valence electrons. The predicted octanol–water partition coefficient (Wildman–Crippen LogP) is 2.12. The molecule has 0 amide bonds. The molecule has 1 aromatic carbocycles. The van der Waals surface area contributed by atoms with E-state index in [0.29, 0.717) is 5.11 Å². The SMILES string of the molecule is C#CCOc1ccc(C=NNC(=S)NCC)cc1I. The van der Waals surface area contributed by atoms with E-state index < -0.39 is 0 Å². The van der Waals surface area contributed by atoms with Gasteiger partial charge in [0.1, 0.15) is 12.4 Å². The van der Waals surface area contributed by atoms with Crippen LogP contribution in [0.1, 0.15) is 12.5 Å². The van der Waals surface area contributed by atoms with Crippen LogP contribution in [0.3, 0.4) is 0 Å². The summed E-state index contributed by atoms with van der Waals surface area (Å²) in [5.74, 6) is 3.20. The Kier molecular flexibility index (Phi) is 7.22. The predicted molar refractivity (Wildman–Crippen MR) is 90.5 cm³/mol. The minimum Gasteiger partial charge on any atom is -0.480 e. The van der Waals surface area contributed by atoms with Gasteiger partial charge in [0.05, 0.1) is 9.78 Å². The second-order valence-electron chi connectivity index (χ2n) is 3.41. The number of terminal acetylenes is 1. The highest BCUT2D eigenvalue weighted by Gasteiger charge is 2.00. The van der Waals surface area contributed by atoms with Gasteiger partial charge in [0, 0.05) is 6.54 Å². The summed E-state index contributed by atoms with van der Waals surface area (Å²) in [4.78, 5) is 0. The second kappa shape index (κ2) is 8.72. The highest BCUT2D eigenvalue weighted by Crippen LogP contribution is 2.21. The Hall–Kier alpha value is -1.33. The number of nitrogens with one attached hydrogen (secondary N) is 2. The maximum Gasteiger partial charge on any atom is 0.186 e. The highest BCUT2D eigenvalue weighted by molar-refractivity contribution is 14.1. The highest BCUT2D eigenvalue weighted by atomic mass is 127. The van der Waals surface area contributed by atoms with Crippen molar-refractivity contribution in [3.63, 3.8) is 0 Å². The van der Waals surface area contributed by atoms with E-state index >= 15 is 0 Å². The smallest absolute Gasteiger partial charge is 0.186 e. The van der Waals surface area contributed by atoms with Gasteiger partial charge in [0.25, 0.3) is 0 Å².